The van der Waals surface area contributed by atoms with Crippen LogP contribution in [0.15, 0.2) is 35.3 Å². The number of aromatic amines is 1. The topological polar surface area (TPSA) is 72.8 Å². The maximum absolute atomic E-state index is 11.4. The van der Waals surface area contributed by atoms with Crippen LogP contribution in [-0.2, 0) is 6.54 Å². The zero-order valence-electron chi connectivity index (χ0n) is 10.2. The van der Waals surface area contributed by atoms with Gasteiger partial charge in [0.2, 0.25) is 0 Å². The Labute approximate surface area is 115 Å². The predicted octanol–water partition coefficient (Wildman–Crippen LogP) is 1.93. The molecule has 1 heterocycles. The van der Waals surface area contributed by atoms with Crippen molar-refractivity contribution in [3.8, 4) is 6.07 Å². The molecule has 0 saturated heterocycles. The van der Waals surface area contributed by atoms with E-state index in [4.69, 9.17) is 16.9 Å². The lowest BCUT2D eigenvalue weighted by molar-refractivity contribution is 0.894. The summed E-state index contributed by atoms with van der Waals surface area (Å²) in [6.07, 6.45) is 1.51. The van der Waals surface area contributed by atoms with Crippen molar-refractivity contribution in [1.29, 1.82) is 5.26 Å². The quantitative estimate of drug-likeness (QED) is 0.928. The number of hydrogen-bond donors (Lipinski definition) is 1. The average molecular weight is 275 g/mol. The van der Waals surface area contributed by atoms with Gasteiger partial charge in [0.05, 0.1) is 23.5 Å². The highest BCUT2D eigenvalue weighted by atomic mass is 35.5. The predicted molar refractivity (Wildman–Crippen MR) is 73.1 cm³/mol. The molecule has 0 radical (unpaired) electrons. The highest BCUT2D eigenvalue weighted by Gasteiger charge is 2.10. The molecule has 0 aliphatic carbocycles. The fourth-order valence-electron chi connectivity index (χ4n) is 1.68. The molecule has 1 N–H and O–H groups in total. The van der Waals surface area contributed by atoms with Crippen LogP contribution in [0, 0.1) is 11.3 Å². The summed E-state index contributed by atoms with van der Waals surface area (Å²) in [5, 5.41) is 14.8. The van der Waals surface area contributed by atoms with E-state index in [1.54, 1.807) is 12.1 Å². The summed E-state index contributed by atoms with van der Waals surface area (Å²) in [4.78, 5) is 13.2. The van der Waals surface area contributed by atoms with E-state index in [1.807, 2.05) is 24.1 Å². The molecule has 5 nitrogen and oxygen atoms in total. The van der Waals surface area contributed by atoms with Crippen LogP contribution < -0.4 is 10.5 Å². The maximum Gasteiger partial charge on any atom is 0.285 e. The van der Waals surface area contributed by atoms with Gasteiger partial charge in [-0.1, -0.05) is 23.7 Å². The van der Waals surface area contributed by atoms with E-state index >= 15 is 0 Å². The van der Waals surface area contributed by atoms with E-state index in [-0.39, 0.29) is 5.02 Å². The van der Waals surface area contributed by atoms with Crippen LogP contribution in [0.2, 0.25) is 5.02 Å². The van der Waals surface area contributed by atoms with Crippen molar-refractivity contribution in [2.45, 2.75) is 6.54 Å². The summed E-state index contributed by atoms with van der Waals surface area (Å²) >= 11 is 5.93. The molecule has 2 aromatic rings. The first-order valence-electron chi connectivity index (χ1n) is 5.55. The zero-order chi connectivity index (χ0) is 13.8. The molecule has 0 bridgehead atoms. The van der Waals surface area contributed by atoms with Crippen molar-refractivity contribution in [3.63, 3.8) is 0 Å². The summed E-state index contributed by atoms with van der Waals surface area (Å²) < 4.78 is 0. The van der Waals surface area contributed by atoms with Gasteiger partial charge in [-0.3, -0.25) is 4.79 Å². The summed E-state index contributed by atoms with van der Waals surface area (Å²) in [7, 11) is 1.82. The molecular formula is C13H11ClN4O. The SMILES string of the molecule is CN(Cc1ccc(C#N)cc1)c1cn[nH]c(=O)c1Cl. The van der Waals surface area contributed by atoms with Crippen LogP contribution in [0.5, 0.6) is 0 Å². The number of halogens is 1. The van der Waals surface area contributed by atoms with Gasteiger partial charge in [-0.15, -0.1) is 0 Å². The molecule has 1 aromatic heterocycles. The number of nitriles is 1. The minimum atomic E-state index is -0.411. The van der Waals surface area contributed by atoms with Crippen molar-refractivity contribution in [2.24, 2.45) is 0 Å². The van der Waals surface area contributed by atoms with Crippen molar-refractivity contribution < 1.29 is 0 Å². The monoisotopic (exact) mass is 274 g/mol. The van der Waals surface area contributed by atoms with E-state index in [0.29, 0.717) is 17.8 Å². The van der Waals surface area contributed by atoms with E-state index in [2.05, 4.69) is 16.3 Å². The normalized spacial score (nSPS) is 9.95. The van der Waals surface area contributed by atoms with Crippen LogP contribution in [0.1, 0.15) is 11.1 Å². The van der Waals surface area contributed by atoms with Crippen LogP contribution in [0.4, 0.5) is 5.69 Å². The van der Waals surface area contributed by atoms with E-state index in [0.717, 1.165) is 5.56 Å². The number of anilines is 1. The van der Waals surface area contributed by atoms with Gasteiger partial charge in [0, 0.05) is 13.6 Å². The van der Waals surface area contributed by atoms with Gasteiger partial charge in [0.15, 0.2) is 0 Å². The van der Waals surface area contributed by atoms with Crippen LogP contribution in [0.25, 0.3) is 0 Å². The van der Waals surface area contributed by atoms with E-state index in [9.17, 15) is 4.79 Å². The molecular weight excluding hydrogens is 264 g/mol. The van der Waals surface area contributed by atoms with Crippen molar-refractivity contribution >= 4 is 17.3 Å². The highest BCUT2D eigenvalue weighted by Crippen LogP contribution is 2.20. The molecule has 1 aromatic carbocycles. The molecule has 0 amide bonds. The Morgan fingerprint density at radius 3 is 2.74 bits per heavy atom. The van der Waals surface area contributed by atoms with E-state index < -0.39 is 5.56 Å². The minimum absolute atomic E-state index is 0.117. The molecule has 2 rings (SSSR count). The molecule has 0 unspecified atom stereocenters. The smallest absolute Gasteiger partial charge is 0.285 e. The Bertz CT molecular complexity index is 672. The number of H-pyrrole nitrogens is 1. The average Bonchev–Trinajstić information content (AvgIpc) is 2.42. The second kappa shape index (κ2) is 5.55. The Kier molecular flexibility index (Phi) is 3.83. The minimum Gasteiger partial charge on any atom is -0.368 e. The number of hydrogen-bond acceptors (Lipinski definition) is 4. The second-order valence-corrected chi connectivity index (χ2v) is 4.44. The van der Waals surface area contributed by atoms with Crippen LogP contribution in [0.3, 0.4) is 0 Å². The van der Waals surface area contributed by atoms with Gasteiger partial charge in [-0.2, -0.15) is 10.4 Å². The molecule has 0 aliphatic heterocycles. The summed E-state index contributed by atoms with van der Waals surface area (Å²) in [6, 6.07) is 9.30. The van der Waals surface area contributed by atoms with E-state index in [1.165, 1.54) is 6.20 Å². The second-order valence-electron chi connectivity index (χ2n) is 4.06. The molecule has 19 heavy (non-hydrogen) atoms. The Hall–Kier alpha value is -2.32. The lowest BCUT2D eigenvalue weighted by atomic mass is 10.1. The highest BCUT2D eigenvalue weighted by molar-refractivity contribution is 6.32. The third kappa shape index (κ3) is 2.92. The third-order valence-electron chi connectivity index (χ3n) is 2.69. The standard InChI is InChI=1S/C13H11ClN4O/c1-18(11-7-16-17-13(19)12(11)14)8-10-4-2-9(6-15)3-5-10/h2-5,7H,8H2,1H3,(H,17,19). The van der Waals surface area contributed by atoms with Gasteiger partial charge in [0.1, 0.15) is 5.02 Å². The lowest BCUT2D eigenvalue weighted by Gasteiger charge is -2.19. The molecule has 0 atom stereocenters. The van der Waals surface area contributed by atoms with Crippen molar-refractivity contribution in [1.82, 2.24) is 10.2 Å². The fourth-order valence-corrected chi connectivity index (χ4v) is 1.92. The molecule has 0 spiro atoms. The summed E-state index contributed by atoms with van der Waals surface area (Å²) in [6.45, 7) is 0.566. The lowest BCUT2D eigenvalue weighted by Crippen LogP contribution is -2.21. The first-order chi connectivity index (χ1) is 9.11. The first-order valence-corrected chi connectivity index (χ1v) is 5.93. The molecule has 6 heteroatoms. The Balaban J connectivity index is 2.21. The molecule has 0 aliphatic rings. The Morgan fingerprint density at radius 2 is 2.11 bits per heavy atom. The summed E-state index contributed by atoms with van der Waals surface area (Å²) in [5.74, 6) is 0. The largest absolute Gasteiger partial charge is 0.368 e. The Morgan fingerprint density at radius 1 is 1.42 bits per heavy atom. The van der Waals surface area contributed by atoms with Gasteiger partial charge in [-0.05, 0) is 17.7 Å². The van der Waals surface area contributed by atoms with Crippen molar-refractivity contribution in [3.05, 3.63) is 57.0 Å². The van der Waals surface area contributed by atoms with Crippen LogP contribution in [-0.4, -0.2) is 17.2 Å². The van der Waals surface area contributed by atoms with Gasteiger partial charge >= 0.3 is 0 Å². The van der Waals surface area contributed by atoms with Gasteiger partial charge in [0.25, 0.3) is 5.56 Å². The molecule has 96 valence electrons. The van der Waals surface area contributed by atoms with Gasteiger partial charge in [-0.25, -0.2) is 5.10 Å². The number of benzene rings is 1. The van der Waals surface area contributed by atoms with Gasteiger partial charge < -0.3 is 4.90 Å². The maximum atomic E-state index is 11.4. The van der Waals surface area contributed by atoms with Crippen LogP contribution >= 0.6 is 11.6 Å². The number of rotatable bonds is 3. The number of nitrogens with zero attached hydrogens (tertiary/aromatic N) is 3. The molecule has 0 saturated carbocycles. The molecule has 0 fully saturated rings. The zero-order valence-corrected chi connectivity index (χ0v) is 11.0. The van der Waals surface area contributed by atoms with Crippen molar-refractivity contribution in [2.75, 3.05) is 11.9 Å². The third-order valence-corrected chi connectivity index (χ3v) is 3.06. The summed E-state index contributed by atoms with van der Waals surface area (Å²) in [5.41, 5.74) is 1.78. The number of aromatic nitrogens is 2. The fraction of sp³-hybridized carbons (Fsp3) is 0.154. The number of nitrogens with one attached hydrogen (secondary N) is 1. The first kappa shape index (κ1) is 13.1.